The van der Waals surface area contributed by atoms with Gasteiger partial charge in [-0.05, 0) is 114 Å². The highest BCUT2D eigenvalue weighted by molar-refractivity contribution is 7.99. The highest BCUT2D eigenvalue weighted by atomic mass is 32.2. The molecule has 1 aliphatic heterocycles. The third kappa shape index (κ3) is 4.49. The number of rotatable bonds is 4. The summed E-state index contributed by atoms with van der Waals surface area (Å²) in [5.74, 6) is 0. The van der Waals surface area contributed by atoms with Crippen LogP contribution in [-0.2, 0) is 5.41 Å². The Morgan fingerprint density at radius 2 is 1.07 bits per heavy atom. The molecule has 12 rings (SSSR count). The maximum Gasteiger partial charge on any atom is 0.143 e. The Bertz CT molecular complexity index is 3320. The topological polar surface area (TPSA) is 13.1 Å². The molecular formula is C56H36OS. The van der Waals surface area contributed by atoms with Gasteiger partial charge >= 0.3 is 0 Å². The van der Waals surface area contributed by atoms with Crippen LogP contribution in [0, 0.1) is 6.92 Å². The molecule has 1 spiro atoms. The molecule has 0 unspecified atom stereocenters. The van der Waals surface area contributed by atoms with E-state index in [2.05, 4.69) is 195 Å². The second-order valence-corrected chi connectivity index (χ2v) is 16.7. The normalized spacial score (nSPS) is 13.4. The molecule has 9 aromatic carbocycles. The van der Waals surface area contributed by atoms with E-state index in [4.69, 9.17) is 11.0 Å². The first kappa shape index (κ1) is 33.3. The van der Waals surface area contributed by atoms with Crippen molar-refractivity contribution in [3.05, 3.63) is 234 Å². The predicted molar refractivity (Wildman–Crippen MR) is 243 cm³/mol. The zero-order valence-electron chi connectivity index (χ0n) is 31.9. The number of para-hydroxylation sites is 1. The van der Waals surface area contributed by atoms with E-state index in [0.717, 1.165) is 49.8 Å². The van der Waals surface area contributed by atoms with Crippen molar-refractivity contribution in [3.8, 4) is 33.4 Å². The van der Waals surface area contributed by atoms with Crippen LogP contribution in [0.5, 0.6) is 0 Å². The molecule has 0 radical (unpaired) electrons. The van der Waals surface area contributed by atoms with Gasteiger partial charge in [0.15, 0.2) is 0 Å². The predicted octanol–water partition coefficient (Wildman–Crippen LogP) is 15.3. The van der Waals surface area contributed by atoms with Gasteiger partial charge in [-0.25, -0.2) is 0 Å². The van der Waals surface area contributed by atoms with Gasteiger partial charge in [0.1, 0.15) is 11.2 Å². The van der Waals surface area contributed by atoms with E-state index in [1.54, 1.807) is 0 Å². The Labute approximate surface area is 341 Å². The van der Waals surface area contributed by atoms with E-state index < -0.39 is 5.41 Å². The van der Waals surface area contributed by atoms with E-state index in [1.807, 2.05) is 11.8 Å². The molecule has 1 aromatic heterocycles. The standard InChI is InChI=1S/C56H36OS/c1-34-16-3-5-18-37(34)40-20-7-8-21-41(40)43-31-32-44-42-22-9-12-27-49(42)57-55(44)52(43)35(2)38-23-15-26-47-53(38)54-39-19-6-4-17-36(39)30-33-48(54)56(47)45-24-10-13-28-50(45)58-51-29-14-11-25-46(51)56/h3-33H,2H2,1H3. The lowest BCUT2D eigenvalue weighted by Crippen LogP contribution is -2.31. The molecule has 58 heavy (non-hydrogen) atoms. The van der Waals surface area contributed by atoms with Gasteiger partial charge in [-0.3, -0.25) is 0 Å². The number of furan rings is 1. The summed E-state index contributed by atoms with van der Waals surface area (Å²) in [5.41, 5.74) is 17.9. The molecule has 272 valence electrons. The van der Waals surface area contributed by atoms with Gasteiger partial charge < -0.3 is 4.42 Å². The smallest absolute Gasteiger partial charge is 0.143 e. The van der Waals surface area contributed by atoms with E-state index in [1.165, 1.54) is 70.6 Å². The first-order valence-corrected chi connectivity index (χ1v) is 20.8. The first-order valence-electron chi connectivity index (χ1n) is 19.9. The van der Waals surface area contributed by atoms with Crippen molar-refractivity contribution < 1.29 is 4.42 Å². The summed E-state index contributed by atoms with van der Waals surface area (Å²) < 4.78 is 6.96. The summed E-state index contributed by atoms with van der Waals surface area (Å²) in [4.78, 5) is 2.58. The van der Waals surface area contributed by atoms with Crippen molar-refractivity contribution in [2.45, 2.75) is 22.1 Å². The van der Waals surface area contributed by atoms with Crippen LogP contribution in [0.25, 0.3) is 71.7 Å². The van der Waals surface area contributed by atoms with Gasteiger partial charge in [0.2, 0.25) is 0 Å². The number of benzene rings is 9. The third-order valence-corrected chi connectivity index (χ3v) is 13.8. The molecule has 1 nitrogen and oxygen atoms in total. The van der Waals surface area contributed by atoms with Crippen molar-refractivity contribution in [1.29, 1.82) is 0 Å². The Hall–Kier alpha value is -6.87. The molecule has 0 N–H and O–H groups in total. The molecule has 0 fully saturated rings. The highest BCUT2D eigenvalue weighted by Crippen LogP contribution is 2.64. The van der Waals surface area contributed by atoms with Crippen molar-refractivity contribution in [3.63, 3.8) is 0 Å². The number of hydrogen-bond acceptors (Lipinski definition) is 2. The molecule has 1 aliphatic carbocycles. The van der Waals surface area contributed by atoms with Crippen molar-refractivity contribution >= 4 is 50.0 Å². The van der Waals surface area contributed by atoms with Gasteiger partial charge in [0.05, 0.1) is 5.41 Å². The summed E-state index contributed by atoms with van der Waals surface area (Å²) >= 11 is 1.88. The summed E-state index contributed by atoms with van der Waals surface area (Å²) in [6.07, 6.45) is 0. The molecule has 10 aromatic rings. The number of hydrogen-bond donors (Lipinski definition) is 0. The lowest BCUT2D eigenvalue weighted by molar-refractivity contribution is 0.668. The van der Waals surface area contributed by atoms with Crippen LogP contribution in [0.15, 0.2) is 209 Å². The molecule has 0 saturated heterocycles. The minimum Gasteiger partial charge on any atom is -0.455 e. The maximum absolute atomic E-state index is 6.96. The van der Waals surface area contributed by atoms with Crippen molar-refractivity contribution in [2.24, 2.45) is 0 Å². The minimum atomic E-state index is -0.519. The van der Waals surface area contributed by atoms with Gasteiger partial charge in [-0.1, -0.05) is 182 Å². The first-order chi connectivity index (χ1) is 28.6. The summed E-state index contributed by atoms with van der Waals surface area (Å²) in [6, 6.07) is 68.9. The van der Waals surface area contributed by atoms with Gasteiger partial charge in [-0.2, -0.15) is 0 Å². The quantitative estimate of drug-likeness (QED) is 0.177. The number of aryl methyl sites for hydroxylation is 1. The van der Waals surface area contributed by atoms with Gasteiger partial charge in [-0.15, -0.1) is 0 Å². The second kappa shape index (κ2) is 12.6. The van der Waals surface area contributed by atoms with Crippen LogP contribution in [0.2, 0.25) is 0 Å². The Kier molecular flexibility index (Phi) is 7.21. The monoisotopic (exact) mass is 756 g/mol. The fraction of sp³-hybridized carbons (Fsp3) is 0.0357. The average Bonchev–Trinajstić information content (AvgIpc) is 3.80. The van der Waals surface area contributed by atoms with Crippen LogP contribution in [0.4, 0.5) is 0 Å². The SMILES string of the molecule is C=C(c1cccc2c1-c1c(ccc3ccccc13)C21c2ccccc2Sc2ccccc21)c1c(-c2ccccc2-c2ccccc2C)ccc2c1oc1ccccc12. The fourth-order valence-electron chi connectivity index (χ4n) is 10.2. The van der Waals surface area contributed by atoms with Crippen LogP contribution in [0.3, 0.4) is 0 Å². The van der Waals surface area contributed by atoms with E-state index in [-0.39, 0.29) is 0 Å². The largest absolute Gasteiger partial charge is 0.455 e. The van der Waals surface area contributed by atoms with Crippen molar-refractivity contribution in [1.82, 2.24) is 0 Å². The summed E-state index contributed by atoms with van der Waals surface area (Å²) in [5, 5.41) is 4.67. The summed E-state index contributed by atoms with van der Waals surface area (Å²) in [6.45, 7) is 7.30. The summed E-state index contributed by atoms with van der Waals surface area (Å²) in [7, 11) is 0. The van der Waals surface area contributed by atoms with Crippen LogP contribution in [0.1, 0.15) is 38.9 Å². The molecular weight excluding hydrogens is 721 g/mol. The maximum atomic E-state index is 6.96. The Balaban J connectivity index is 1.21. The third-order valence-electron chi connectivity index (χ3n) is 12.7. The Morgan fingerprint density at radius 3 is 1.84 bits per heavy atom. The molecule has 0 amide bonds. The molecule has 0 atom stereocenters. The molecule has 0 bridgehead atoms. The second-order valence-electron chi connectivity index (χ2n) is 15.6. The average molecular weight is 757 g/mol. The van der Waals surface area contributed by atoms with Crippen LogP contribution >= 0.6 is 11.8 Å². The minimum absolute atomic E-state index is 0.519. The molecule has 2 heterocycles. The molecule has 0 saturated carbocycles. The van der Waals surface area contributed by atoms with Crippen LogP contribution in [-0.4, -0.2) is 0 Å². The van der Waals surface area contributed by atoms with E-state index >= 15 is 0 Å². The fourth-order valence-corrected chi connectivity index (χ4v) is 11.4. The van der Waals surface area contributed by atoms with Gasteiger partial charge in [0.25, 0.3) is 0 Å². The van der Waals surface area contributed by atoms with Gasteiger partial charge in [0, 0.05) is 26.1 Å². The zero-order valence-corrected chi connectivity index (χ0v) is 32.7. The highest BCUT2D eigenvalue weighted by Gasteiger charge is 2.51. The molecule has 2 aliphatic rings. The Morgan fingerprint density at radius 1 is 0.466 bits per heavy atom. The lowest BCUT2D eigenvalue weighted by atomic mass is 9.67. The van der Waals surface area contributed by atoms with E-state index in [9.17, 15) is 0 Å². The number of fused-ring (bicyclic) bond motifs is 14. The van der Waals surface area contributed by atoms with Crippen LogP contribution < -0.4 is 0 Å². The van der Waals surface area contributed by atoms with Crippen molar-refractivity contribution in [2.75, 3.05) is 0 Å². The van der Waals surface area contributed by atoms with E-state index in [0.29, 0.717) is 0 Å². The lowest BCUT2D eigenvalue weighted by Gasteiger charge is -2.39. The zero-order chi connectivity index (χ0) is 38.5. The molecule has 2 heteroatoms.